The molecule has 0 radical (unpaired) electrons. The molecule has 3 rings (SSSR count). The second-order valence-electron chi connectivity index (χ2n) is 5.54. The molecule has 6 heteroatoms. The van der Waals surface area contributed by atoms with E-state index in [-0.39, 0.29) is 0 Å². The zero-order chi connectivity index (χ0) is 15.5. The molecule has 0 bridgehead atoms. The molecule has 1 fully saturated rings. The largest absolute Gasteiger partial charge is 0.379 e. The molecular formula is C16H19Cl2N3O. The van der Waals surface area contributed by atoms with Crippen molar-refractivity contribution in [1.82, 2.24) is 14.5 Å². The number of rotatable bonds is 4. The molecule has 118 valence electrons. The quantitative estimate of drug-likeness (QED) is 0.849. The Bertz CT molecular complexity index is 638. The van der Waals surface area contributed by atoms with Crippen molar-refractivity contribution >= 4 is 23.2 Å². The van der Waals surface area contributed by atoms with Crippen molar-refractivity contribution in [2.75, 3.05) is 32.8 Å². The van der Waals surface area contributed by atoms with Gasteiger partial charge in [0.15, 0.2) is 0 Å². The second-order valence-corrected chi connectivity index (χ2v) is 6.39. The van der Waals surface area contributed by atoms with E-state index in [2.05, 4.69) is 21.4 Å². The molecule has 1 unspecified atom stereocenters. The zero-order valence-electron chi connectivity index (χ0n) is 12.5. The number of hydrogen-bond acceptors (Lipinski definition) is 3. The molecule has 4 nitrogen and oxygen atoms in total. The maximum Gasteiger partial charge on any atom is 0.141 e. The van der Waals surface area contributed by atoms with E-state index < -0.39 is 0 Å². The highest BCUT2D eigenvalue weighted by Crippen LogP contribution is 2.31. The molecule has 1 aromatic carbocycles. The highest BCUT2D eigenvalue weighted by Gasteiger charge is 2.18. The number of hydrogen-bond donors (Lipinski definition) is 0. The lowest BCUT2D eigenvalue weighted by Crippen LogP contribution is -2.39. The summed E-state index contributed by atoms with van der Waals surface area (Å²) in [5.74, 6) is 0.855. The minimum Gasteiger partial charge on any atom is -0.379 e. The van der Waals surface area contributed by atoms with E-state index in [1.54, 1.807) is 6.07 Å². The average Bonchev–Trinajstić information content (AvgIpc) is 3.00. The summed E-state index contributed by atoms with van der Waals surface area (Å²) in [6.07, 6.45) is 3.81. The lowest BCUT2D eigenvalue weighted by Gasteiger charge is -2.30. The molecule has 1 aliphatic heterocycles. The molecule has 0 spiro atoms. The van der Waals surface area contributed by atoms with Crippen molar-refractivity contribution in [3.8, 4) is 11.4 Å². The Morgan fingerprint density at radius 1 is 1.27 bits per heavy atom. The summed E-state index contributed by atoms with van der Waals surface area (Å²) < 4.78 is 7.56. The lowest BCUT2D eigenvalue weighted by molar-refractivity contribution is 0.0326. The van der Waals surface area contributed by atoms with Crippen LogP contribution >= 0.6 is 23.2 Å². The van der Waals surface area contributed by atoms with E-state index in [9.17, 15) is 0 Å². The summed E-state index contributed by atoms with van der Waals surface area (Å²) in [5, 5.41) is 1.32. The van der Waals surface area contributed by atoms with Gasteiger partial charge in [0.05, 0.1) is 18.2 Å². The van der Waals surface area contributed by atoms with E-state index in [1.807, 2.05) is 24.5 Å². The van der Waals surface area contributed by atoms with Crippen LogP contribution in [-0.2, 0) is 4.74 Å². The van der Waals surface area contributed by atoms with Gasteiger partial charge in [-0.15, -0.1) is 0 Å². The van der Waals surface area contributed by atoms with Crippen LogP contribution < -0.4 is 0 Å². The summed E-state index contributed by atoms with van der Waals surface area (Å²) in [6, 6.07) is 5.76. The third-order valence-electron chi connectivity index (χ3n) is 3.94. The Labute approximate surface area is 140 Å². The van der Waals surface area contributed by atoms with Gasteiger partial charge < -0.3 is 9.30 Å². The van der Waals surface area contributed by atoms with Gasteiger partial charge in [0.25, 0.3) is 0 Å². The van der Waals surface area contributed by atoms with Crippen LogP contribution in [0, 0.1) is 0 Å². The van der Waals surface area contributed by atoms with E-state index in [0.29, 0.717) is 16.1 Å². The number of ether oxygens (including phenoxy) is 1. The minimum atomic E-state index is 0.297. The van der Waals surface area contributed by atoms with Crippen molar-refractivity contribution < 1.29 is 4.74 Å². The van der Waals surface area contributed by atoms with Gasteiger partial charge in [-0.2, -0.15) is 0 Å². The predicted molar refractivity (Wildman–Crippen MR) is 89.7 cm³/mol. The first-order valence-corrected chi connectivity index (χ1v) is 8.19. The Morgan fingerprint density at radius 3 is 2.82 bits per heavy atom. The zero-order valence-corrected chi connectivity index (χ0v) is 14.0. The van der Waals surface area contributed by atoms with E-state index in [1.165, 1.54) is 0 Å². The fraction of sp³-hybridized carbons (Fsp3) is 0.438. The first-order chi connectivity index (χ1) is 10.6. The molecule has 1 aliphatic rings. The monoisotopic (exact) mass is 339 g/mol. The van der Waals surface area contributed by atoms with E-state index in [0.717, 1.165) is 44.2 Å². The molecule has 22 heavy (non-hydrogen) atoms. The Hall–Kier alpha value is -1.07. The Kier molecular flexibility index (Phi) is 5.03. The Morgan fingerprint density at radius 2 is 2.05 bits per heavy atom. The van der Waals surface area contributed by atoms with Gasteiger partial charge in [0.1, 0.15) is 5.82 Å². The molecule has 0 saturated carbocycles. The van der Waals surface area contributed by atoms with Crippen molar-refractivity contribution in [3.63, 3.8) is 0 Å². The van der Waals surface area contributed by atoms with Crippen LogP contribution in [-0.4, -0.2) is 47.3 Å². The third kappa shape index (κ3) is 3.46. The number of benzene rings is 1. The topological polar surface area (TPSA) is 30.3 Å². The maximum atomic E-state index is 6.32. The number of aromatic nitrogens is 2. The van der Waals surface area contributed by atoms with Crippen LogP contribution in [0.15, 0.2) is 30.6 Å². The number of imidazole rings is 1. The van der Waals surface area contributed by atoms with Gasteiger partial charge in [-0.1, -0.05) is 23.2 Å². The standard InChI is InChI=1S/C16H19Cl2N3O/c1-12(11-20-6-8-22-9-7-20)21-5-4-19-16(21)14-10-13(17)2-3-15(14)18/h2-5,10,12H,6-9,11H2,1H3. The predicted octanol–water partition coefficient (Wildman–Crippen LogP) is 3.75. The van der Waals surface area contributed by atoms with Crippen molar-refractivity contribution in [2.24, 2.45) is 0 Å². The van der Waals surface area contributed by atoms with Crippen LogP contribution in [0.25, 0.3) is 11.4 Å². The first-order valence-electron chi connectivity index (χ1n) is 7.43. The minimum absolute atomic E-state index is 0.297. The fourth-order valence-electron chi connectivity index (χ4n) is 2.79. The van der Waals surface area contributed by atoms with Gasteiger partial charge in [0.2, 0.25) is 0 Å². The number of morpholine rings is 1. The average molecular weight is 340 g/mol. The number of nitrogens with zero attached hydrogens (tertiary/aromatic N) is 3. The first kappa shape index (κ1) is 15.8. The third-order valence-corrected chi connectivity index (χ3v) is 4.50. The molecule has 2 aromatic rings. The van der Waals surface area contributed by atoms with Crippen LogP contribution in [0.2, 0.25) is 10.0 Å². The normalized spacial score (nSPS) is 17.6. The summed E-state index contributed by atoms with van der Waals surface area (Å²) in [4.78, 5) is 6.89. The summed E-state index contributed by atoms with van der Waals surface area (Å²) >= 11 is 12.4. The summed E-state index contributed by atoms with van der Waals surface area (Å²) in [7, 11) is 0. The van der Waals surface area contributed by atoms with Crippen molar-refractivity contribution in [1.29, 1.82) is 0 Å². The number of halogens is 2. The van der Waals surface area contributed by atoms with Gasteiger partial charge in [-0.05, 0) is 25.1 Å². The lowest BCUT2D eigenvalue weighted by atomic mass is 10.2. The van der Waals surface area contributed by atoms with Gasteiger partial charge >= 0.3 is 0 Å². The molecular weight excluding hydrogens is 321 g/mol. The SMILES string of the molecule is CC(CN1CCOCC1)n1ccnc1-c1cc(Cl)ccc1Cl. The maximum absolute atomic E-state index is 6.32. The van der Waals surface area contributed by atoms with Crippen molar-refractivity contribution in [3.05, 3.63) is 40.6 Å². The Balaban J connectivity index is 1.83. The van der Waals surface area contributed by atoms with Crippen molar-refractivity contribution in [2.45, 2.75) is 13.0 Å². The highest BCUT2D eigenvalue weighted by atomic mass is 35.5. The molecule has 1 atom stereocenters. The molecule has 0 amide bonds. The van der Waals surface area contributed by atoms with Crippen LogP contribution in [0.4, 0.5) is 0 Å². The molecule has 1 saturated heterocycles. The van der Waals surface area contributed by atoms with Gasteiger partial charge in [0, 0.05) is 48.7 Å². The second kappa shape index (κ2) is 7.01. The van der Waals surface area contributed by atoms with Gasteiger partial charge in [-0.25, -0.2) is 4.98 Å². The molecule has 0 aliphatic carbocycles. The smallest absolute Gasteiger partial charge is 0.141 e. The van der Waals surface area contributed by atoms with Crippen LogP contribution in [0.1, 0.15) is 13.0 Å². The molecule has 2 heterocycles. The van der Waals surface area contributed by atoms with E-state index in [4.69, 9.17) is 27.9 Å². The molecule has 0 N–H and O–H groups in total. The fourth-order valence-corrected chi connectivity index (χ4v) is 3.17. The highest BCUT2D eigenvalue weighted by molar-refractivity contribution is 6.35. The van der Waals surface area contributed by atoms with E-state index >= 15 is 0 Å². The summed E-state index contributed by atoms with van der Waals surface area (Å²) in [6.45, 7) is 6.73. The van der Waals surface area contributed by atoms with Crippen LogP contribution in [0.5, 0.6) is 0 Å². The van der Waals surface area contributed by atoms with Crippen LogP contribution in [0.3, 0.4) is 0 Å². The molecule has 1 aromatic heterocycles. The van der Waals surface area contributed by atoms with Gasteiger partial charge in [-0.3, -0.25) is 4.90 Å². The summed E-state index contributed by atoms with van der Waals surface area (Å²) in [5.41, 5.74) is 0.869.